The number of para-hydroxylation sites is 1. The van der Waals surface area contributed by atoms with Gasteiger partial charge < -0.3 is 10.1 Å². The lowest BCUT2D eigenvalue weighted by Gasteiger charge is -2.39. The Morgan fingerprint density at radius 2 is 1.70 bits per heavy atom. The topological polar surface area (TPSA) is 52.0 Å². The summed E-state index contributed by atoms with van der Waals surface area (Å²) in [6.45, 7) is 2.07. The number of aryl methyl sites for hydroxylation is 1. The summed E-state index contributed by atoms with van der Waals surface area (Å²) >= 11 is 1.49. The van der Waals surface area contributed by atoms with Crippen molar-refractivity contribution >= 4 is 23.4 Å². The first kappa shape index (κ1) is 20.1. The average Bonchev–Trinajstić information content (AvgIpc) is 3.26. The van der Waals surface area contributed by atoms with E-state index in [0.29, 0.717) is 11.1 Å². The van der Waals surface area contributed by atoms with Gasteiger partial charge in [0.15, 0.2) is 0 Å². The van der Waals surface area contributed by atoms with Crippen LogP contribution in [0.25, 0.3) is 5.70 Å². The lowest BCUT2D eigenvalue weighted by molar-refractivity contribution is 0.223. The quantitative estimate of drug-likeness (QED) is 0.383. The van der Waals surface area contributed by atoms with E-state index < -0.39 is 0 Å². The van der Waals surface area contributed by atoms with Crippen LogP contribution in [0, 0.1) is 12.7 Å². The Bertz CT molecular complexity index is 1380. The van der Waals surface area contributed by atoms with E-state index in [2.05, 4.69) is 36.5 Å². The smallest absolute Gasteiger partial charge is 0.227 e. The van der Waals surface area contributed by atoms with Crippen LogP contribution in [0.2, 0.25) is 0 Å². The Hall–Kier alpha value is -3.58. The number of nitrogens with one attached hydrogen (secondary N) is 1. The number of benzene rings is 3. The molecule has 0 radical (unpaired) electrons. The molecular formula is C26H21FN4OS. The van der Waals surface area contributed by atoms with Gasteiger partial charge in [0.05, 0.1) is 5.70 Å². The van der Waals surface area contributed by atoms with Gasteiger partial charge in [0.25, 0.3) is 0 Å². The van der Waals surface area contributed by atoms with Crippen LogP contribution in [0.1, 0.15) is 34.4 Å². The van der Waals surface area contributed by atoms with Gasteiger partial charge in [-0.05, 0) is 48.6 Å². The minimum atomic E-state index is -0.340. The molecule has 2 atom stereocenters. The van der Waals surface area contributed by atoms with E-state index in [1.165, 1.54) is 29.5 Å². The highest BCUT2D eigenvalue weighted by molar-refractivity contribution is 7.98. The molecule has 2 aliphatic rings. The molecule has 4 aromatic rings. The third kappa shape index (κ3) is 3.31. The predicted molar refractivity (Wildman–Crippen MR) is 128 cm³/mol. The van der Waals surface area contributed by atoms with Crippen molar-refractivity contribution in [2.45, 2.75) is 24.2 Å². The molecule has 3 aromatic carbocycles. The molecule has 0 fully saturated rings. The van der Waals surface area contributed by atoms with E-state index in [-0.39, 0.29) is 18.0 Å². The molecule has 0 bridgehead atoms. The van der Waals surface area contributed by atoms with E-state index in [9.17, 15) is 4.39 Å². The number of rotatable bonds is 3. The number of hydrogen-bond acceptors (Lipinski definition) is 5. The van der Waals surface area contributed by atoms with Crippen molar-refractivity contribution in [1.29, 1.82) is 0 Å². The van der Waals surface area contributed by atoms with Crippen LogP contribution in [0.4, 0.5) is 10.3 Å². The van der Waals surface area contributed by atoms with Crippen LogP contribution in [-0.2, 0) is 0 Å². The zero-order valence-corrected chi connectivity index (χ0v) is 18.9. The highest BCUT2D eigenvalue weighted by atomic mass is 32.2. The highest BCUT2D eigenvalue weighted by Crippen LogP contribution is 2.50. The molecular weight excluding hydrogens is 435 g/mol. The lowest BCUT2D eigenvalue weighted by atomic mass is 9.84. The third-order valence-electron chi connectivity index (χ3n) is 6.11. The van der Waals surface area contributed by atoms with Crippen molar-refractivity contribution in [3.8, 4) is 5.75 Å². The lowest BCUT2D eigenvalue weighted by Crippen LogP contribution is -2.32. The SMILES string of the molecule is CSc1nc2n(n1)[C@H](c1ccc(F)cc1)C1=C(N2)c2ccccc2O[C@H]1c1ccc(C)cc1. The largest absolute Gasteiger partial charge is 0.480 e. The van der Waals surface area contributed by atoms with Crippen LogP contribution in [0.5, 0.6) is 5.75 Å². The van der Waals surface area contributed by atoms with Gasteiger partial charge >= 0.3 is 0 Å². The fraction of sp³-hybridized carbons (Fsp3) is 0.154. The van der Waals surface area contributed by atoms with Gasteiger partial charge in [-0.25, -0.2) is 9.07 Å². The number of ether oxygens (including phenoxy) is 1. The molecule has 1 aromatic heterocycles. The summed E-state index contributed by atoms with van der Waals surface area (Å²) in [6, 6.07) is 22.7. The van der Waals surface area contributed by atoms with Crippen molar-refractivity contribution in [3.05, 3.63) is 106 Å². The summed E-state index contributed by atoms with van der Waals surface area (Å²) in [6.07, 6.45) is 1.61. The molecule has 1 N–H and O–H groups in total. The van der Waals surface area contributed by atoms with Crippen molar-refractivity contribution in [2.24, 2.45) is 0 Å². The van der Waals surface area contributed by atoms with E-state index in [1.807, 2.05) is 47.3 Å². The number of hydrogen-bond donors (Lipinski definition) is 1. The Labute approximate surface area is 195 Å². The maximum Gasteiger partial charge on any atom is 0.227 e. The molecule has 7 heteroatoms. The number of fused-ring (bicyclic) bond motifs is 3. The normalized spacial score (nSPS) is 18.6. The van der Waals surface area contributed by atoms with Gasteiger partial charge in [0.1, 0.15) is 23.7 Å². The molecule has 0 saturated heterocycles. The Kier molecular flexibility index (Phi) is 4.73. The van der Waals surface area contributed by atoms with Crippen molar-refractivity contribution in [3.63, 3.8) is 0 Å². The van der Waals surface area contributed by atoms with Crippen molar-refractivity contribution in [2.75, 3.05) is 11.6 Å². The van der Waals surface area contributed by atoms with E-state index in [0.717, 1.165) is 33.7 Å². The monoisotopic (exact) mass is 456 g/mol. The van der Waals surface area contributed by atoms with Gasteiger partial charge in [-0.1, -0.05) is 65.9 Å². The molecule has 164 valence electrons. The van der Waals surface area contributed by atoms with Gasteiger partial charge in [0.2, 0.25) is 11.1 Å². The van der Waals surface area contributed by atoms with Crippen LogP contribution in [-0.4, -0.2) is 21.0 Å². The zero-order valence-electron chi connectivity index (χ0n) is 18.1. The number of thioether (sulfide) groups is 1. The molecule has 0 saturated carbocycles. The molecule has 0 aliphatic carbocycles. The third-order valence-corrected chi connectivity index (χ3v) is 6.65. The molecule has 6 rings (SSSR count). The van der Waals surface area contributed by atoms with E-state index >= 15 is 0 Å². The van der Waals surface area contributed by atoms with Gasteiger partial charge in [0, 0.05) is 11.1 Å². The van der Waals surface area contributed by atoms with Gasteiger partial charge in [-0.3, -0.25) is 0 Å². The van der Waals surface area contributed by atoms with Crippen molar-refractivity contribution in [1.82, 2.24) is 14.8 Å². The van der Waals surface area contributed by atoms with Crippen molar-refractivity contribution < 1.29 is 9.13 Å². The van der Waals surface area contributed by atoms with E-state index in [1.54, 1.807) is 0 Å². The second kappa shape index (κ2) is 7.78. The maximum atomic E-state index is 13.8. The van der Waals surface area contributed by atoms with E-state index in [4.69, 9.17) is 14.8 Å². The van der Waals surface area contributed by atoms with Crippen LogP contribution in [0.15, 0.2) is 83.5 Å². The Morgan fingerprint density at radius 1 is 0.970 bits per heavy atom. The number of anilines is 1. The fourth-order valence-corrected chi connectivity index (χ4v) is 4.87. The zero-order chi connectivity index (χ0) is 22.5. The fourth-order valence-electron chi connectivity index (χ4n) is 4.53. The summed E-state index contributed by atoms with van der Waals surface area (Å²) in [4.78, 5) is 4.69. The molecule has 3 heterocycles. The number of nitrogens with zero attached hydrogens (tertiary/aromatic N) is 3. The van der Waals surface area contributed by atoms with Crippen LogP contribution >= 0.6 is 11.8 Å². The first-order chi connectivity index (χ1) is 16.1. The van der Waals surface area contributed by atoms with Crippen LogP contribution < -0.4 is 10.1 Å². The second-order valence-corrected chi connectivity index (χ2v) is 8.95. The first-order valence-electron chi connectivity index (χ1n) is 10.7. The summed E-state index contributed by atoms with van der Waals surface area (Å²) < 4.78 is 22.3. The standard InChI is InChI=1S/C26H21FN4OS/c1-15-7-9-17(10-8-15)24-21-22(19-5-3-4-6-20(19)32-24)28-25-29-26(33-2)30-31(25)23(21)16-11-13-18(27)14-12-16/h3-14,23-24H,1-2H3,(H,28,29,30)/t23-,24+/m1/s1. The number of halogens is 1. The summed E-state index contributed by atoms with van der Waals surface area (Å²) in [7, 11) is 0. The minimum absolute atomic E-state index is 0.272. The highest BCUT2D eigenvalue weighted by Gasteiger charge is 2.41. The van der Waals surface area contributed by atoms with Crippen LogP contribution in [0.3, 0.4) is 0 Å². The molecule has 2 aliphatic heterocycles. The summed E-state index contributed by atoms with van der Waals surface area (Å²) in [5, 5.41) is 8.97. The predicted octanol–water partition coefficient (Wildman–Crippen LogP) is 6.01. The molecule has 5 nitrogen and oxygen atoms in total. The number of aromatic nitrogens is 3. The Morgan fingerprint density at radius 3 is 2.45 bits per heavy atom. The summed E-state index contributed by atoms with van der Waals surface area (Å²) in [5.74, 6) is 1.20. The molecule has 33 heavy (non-hydrogen) atoms. The maximum absolute atomic E-state index is 13.8. The Balaban J connectivity index is 1.62. The minimum Gasteiger partial charge on any atom is -0.480 e. The van der Waals surface area contributed by atoms with Gasteiger partial charge in [-0.15, -0.1) is 5.10 Å². The average molecular weight is 457 g/mol. The second-order valence-electron chi connectivity index (χ2n) is 8.18. The summed E-state index contributed by atoms with van der Waals surface area (Å²) in [5.41, 5.74) is 6.11. The molecule has 0 amide bonds. The first-order valence-corrected chi connectivity index (χ1v) is 11.9. The molecule has 0 unspecified atom stereocenters. The van der Waals surface area contributed by atoms with Gasteiger partial charge in [-0.2, -0.15) is 4.98 Å². The molecule has 0 spiro atoms.